The van der Waals surface area contributed by atoms with Crippen molar-refractivity contribution in [2.45, 2.75) is 19.8 Å². The van der Waals surface area contributed by atoms with Crippen LogP contribution >= 0.6 is 11.3 Å². The van der Waals surface area contributed by atoms with Gasteiger partial charge in [-0.05, 0) is 30.5 Å². The molecule has 152 valence electrons. The van der Waals surface area contributed by atoms with E-state index >= 15 is 0 Å². The number of aromatic nitrogens is 1. The van der Waals surface area contributed by atoms with Crippen LogP contribution in [0.5, 0.6) is 0 Å². The first kappa shape index (κ1) is 20.0. The molecule has 2 aromatic carbocycles. The number of amides is 1. The molecule has 0 atom stereocenters. The number of morpholine rings is 1. The predicted molar refractivity (Wildman–Crippen MR) is 119 cm³/mol. The van der Waals surface area contributed by atoms with Gasteiger partial charge < -0.3 is 4.74 Å². The van der Waals surface area contributed by atoms with E-state index in [0.29, 0.717) is 13.0 Å². The van der Waals surface area contributed by atoms with Crippen molar-refractivity contribution in [2.75, 3.05) is 44.3 Å². The summed E-state index contributed by atoms with van der Waals surface area (Å²) in [5, 5.41) is 0.803. The van der Waals surface area contributed by atoms with Crippen LogP contribution in [0.3, 0.4) is 0 Å². The maximum absolute atomic E-state index is 13.2. The van der Waals surface area contributed by atoms with Gasteiger partial charge in [-0.25, -0.2) is 4.98 Å². The molecule has 3 aromatic rings. The number of anilines is 1. The first-order valence-corrected chi connectivity index (χ1v) is 11.0. The summed E-state index contributed by atoms with van der Waals surface area (Å²) in [5.74, 6) is 0.106. The highest BCUT2D eigenvalue weighted by Gasteiger charge is 2.21. The monoisotopic (exact) mass is 409 g/mol. The lowest BCUT2D eigenvalue weighted by Crippen LogP contribution is -2.39. The van der Waals surface area contributed by atoms with E-state index in [4.69, 9.17) is 9.72 Å². The minimum Gasteiger partial charge on any atom is -0.379 e. The summed E-state index contributed by atoms with van der Waals surface area (Å²) in [5.41, 5.74) is 3.18. The molecule has 4 rings (SSSR count). The number of benzene rings is 2. The standard InChI is InChI=1S/C23H27N3O2S/c1-18-7-5-10-20-22(18)24-23(29-20)26(12-6-11-25-13-15-28-16-14-25)21(27)17-19-8-3-2-4-9-19/h2-5,7-10H,6,11-17H2,1H3. The fraction of sp³-hybridized carbons (Fsp3) is 0.391. The molecular formula is C23H27N3O2S. The van der Waals surface area contributed by atoms with E-state index in [1.807, 2.05) is 41.3 Å². The number of nitrogens with zero attached hydrogens (tertiary/aromatic N) is 3. The number of carbonyl (C=O) groups excluding carboxylic acids is 1. The van der Waals surface area contributed by atoms with Gasteiger partial charge in [0.25, 0.3) is 0 Å². The fourth-order valence-electron chi connectivity index (χ4n) is 3.66. The maximum Gasteiger partial charge on any atom is 0.233 e. The smallest absolute Gasteiger partial charge is 0.233 e. The third-order valence-corrected chi connectivity index (χ3v) is 6.34. The van der Waals surface area contributed by atoms with E-state index in [9.17, 15) is 4.79 Å². The third-order valence-electron chi connectivity index (χ3n) is 5.30. The summed E-state index contributed by atoms with van der Waals surface area (Å²) >= 11 is 1.60. The van der Waals surface area contributed by atoms with Crippen LogP contribution in [-0.4, -0.2) is 55.2 Å². The molecule has 1 aromatic heterocycles. The van der Waals surface area contributed by atoms with Gasteiger partial charge in [0.05, 0.1) is 29.9 Å². The summed E-state index contributed by atoms with van der Waals surface area (Å²) in [6.07, 6.45) is 1.32. The van der Waals surface area contributed by atoms with Gasteiger partial charge in [-0.3, -0.25) is 14.6 Å². The van der Waals surface area contributed by atoms with E-state index in [0.717, 1.165) is 65.7 Å². The molecule has 0 spiro atoms. The minimum absolute atomic E-state index is 0.106. The molecular weight excluding hydrogens is 382 g/mol. The highest BCUT2D eigenvalue weighted by atomic mass is 32.1. The number of thiazole rings is 1. The van der Waals surface area contributed by atoms with Gasteiger partial charge in [0.2, 0.25) is 5.91 Å². The average Bonchev–Trinajstić information content (AvgIpc) is 3.18. The molecule has 0 radical (unpaired) electrons. The Hall–Kier alpha value is -2.28. The number of hydrogen-bond donors (Lipinski definition) is 0. The molecule has 1 aliphatic rings. The second-order valence-electron chi connectivity index (χ2n) is 7.43. The number of rotatable bonds is 7. The number of aryl methyl sites for hydroxylation is 1. The lowest BCUT2D eigenvalue weighted by molar-refractivity contribution is -0.118. The van der Waals surface area contributed by atoms with Crippen LogP contribution in [0.25, 0.3) is 10.2 Å². The SMILES string of the molecule is Cc1cccc2sc(N(CCCN3CCOCC3)C(=O)Cc3ccccc3)nc12. The quantitative estimate of drug-likeness (QED) is 0.594. The molecule has 5 nitrogen and oxygen atoms in total. The Morgan fingerprint density at radius 2 is 1.93 bits per heavy atom. The summed E-state index contributed by atoms with van der Waals surface area (Å²) < 4.78 is 6.56. The number of hydrogen-bond acceptors (Lipinski definition) is 5. The molecule has 0 unspecified atom stereocenters. The summed E-state index contributed by atoms with van der Waals surface area (Å²) in [7, 11) is 0. The van der Waals surface area contributed by atoms with Crippen molar-refractivity contribution < 1.29 is 9.53 Å². The summed E-state index contributed by atoms with van der Waals surface area (Å²) in [6, 6.07) is 16.1. The van der Waals surface area contributed by atoms with Crippen LogP contribution in [0.4, 0.5) is 5.13 Å². The van der Waals surface area contributed by atoms with E-state index in [2.05, 4.69) is 24.0 Å². The molecule has 1 saturated heterocycles. The van der Waals surface area contributed by atoms with Crippen molar-refractivity contribution >= 4 is 32.6 Å². The van der Waals surface area contributed by atoms with Crippen molar-refractivity contribution in [3.8, 4) is 0 Å². The molecule has 0 saturated carbocycles. The zero-order valence-corrected chi connectivity index (χ0v) is 17.7. The van der Waals surface area contributed by atoms with Crippen molar-refractivity contribution in [3.63, 3.8) is 0 Å². The van der Waals surface area contributed by atoms with Gasteiger partial charge in [-0.1, -0.05) is 53.8 Å². The Balaban J connectivity index is 1.52. The molecule has 29 heavy (non-hydrogen) atoms. The Morgan fingerprint density at radius 1 is 1.14 bits per heavy atom. The van der Waals surface area contributed by atoms with Crippen LogP contribution < -0.4 is 4.90 Å². The number of fused-ring (bicyclic) bond motifs is 1. The molecule has 1 fully saturated rings. The van der Waals surface area contributed by atoms with Crippen LogP contribution in [0, 0.1) is 6.92 Å². The Bertz CT molecular complexity index is 951. The molecule has 1 aliphatic heterocycles. The first-order valence-electron chi connectivity index (χ1n) is 10.2. The summed E-state index contributed by atoms with van der Waals surface area (Å²) in [4.78, 5) is 22.3. The third kappa shape index (κ3) is 5.01. The van der Waals surface area contributed by atoms with E-state index in [1.165, 1.54) is 0 Å². The first-order chi connectivity index (χ1) is 14.2. The second kappa shape index (κ2) is 9.48. The van der Waals surface area contributed by atoms with Gasteiger partial charge >= 0.3 is 0 Å². The molecule has 0 N–H and O–H groups in total. The van der Waals surface area contributed by atoms with Gasteiger partial charge in [0, 0.05) is 26.2 Å². The number of para-hydroxylation sites is 1. The normalized spacial score (nSPS) is 14.9. The van der Waals surface area contributed by atoms with Gasteiger partial charge in [-0.15, -0.1) is 0 Å². The molecule has 0 bridgehead atoms. The van der Waals surface area contributed by atoms with Gasteiger partial charge in [0.15, 0.2) is 5.13 Å². The predicted octanol–water partition coefficient (Wildman–Crippen LogP) is 3.90. The van der Waals surface area contributed by atoms with Crippen molar-refractivity contribution in [2.24, 2.45) is 0 Å². The molecule has 1 amide bonds. The summed E-state index contributed by atoms with van der Waals surface area (Å²) in [6.45, 7) is 7.27. The minimum atomic E-state index is 0.106. The van der Waals surface area contributed by atoms with Gasteiger partial charge in [0.1, 0.15) is 0 Å². The van der Waals surface area contributed by atoms with Crippen LogP contribution in [0.1, 0.15) is 17.5 Å². The molecule has 6 heteroatoms. The van der Waals surface area contributed by atoms with E-state index in [1.54, 1.807) is 11.3 Å². The highest BCUT2D eigenvalue weighted by molar-refractivity contribution is 7.22. The lowest BCUT2D eigenvalue weighted by atomic mass is 10.1. The lowest BCUT2D eigenvalue weighted by Gasteiger charge is -2.27. The zero-order valence-electron chi connectivity index (χ0n) is 16.8. The van der Waals surface area contributed by atoms with Crippen molar-refractivity contribution in [3.05, 3.63) is 59.7 Å². The molecule has 0 aliphatic carbocycles. The number of carbonyl (C=O) groups is 1. The number of ether oxygens (including phenoxy) is 1. The Morgan fingerprint density at radius 3 is 2.69 bits per heavy atom. The Kier molecular flexibility index (Phi) is 6.54. The van der Waals surface area contributed by atoms with Crippen LogP contribution in [0.15, 0.2) is 48.5 Å². The van der Waals surface area contributed by atoms with Crippen molar-refractivity contribution in [1.29, 1.82) is 0 Å². The average molecular weight is 410 g/mol. The van der Waals surface area contributed by atoms with E-state index < -0.39 is 0 Å². The highest BCUT2D eigenvalue weighted by Crippen LogP contribution is 2.31. The maximum atomic E-state index is 13.2. The van der Waals surface area contributed by atoms with Crippen LogP contribution in [-0.2, 0) is 16.0 Å². The fourth-order valence-corrected chi connectivity index (χ4v) is 4.75. The largest absolute Gasteiger partial charge is 0.379 e. The second-order valence-corrected chi connectivity index (χ2v) is 8.44. The topological polar surface area (TPSA) is 45.7 Å². The zero-order chi connectivity index (χ0) is 20.1. The van der Waals surface area contributed by atoms with E-state index in [-0.39, 0.29) is 5.91 Å². The van der Waals surface area contributed by atoms with Gasteiger partial charge in [-0.2, -0.15) is 0 Å². The van der Waals surface area contributed by atoms with Crippen LogP contribution in [0.2, 0.25) is 0 Å². The Labute approximate surface area is 175 Å². The van der Waals surface area contributed by atoms with Crippen molar-refractivity contribution in [1.82, 2.24) is 9.88 Å². The molecule has 2 heterocycles.